The maximum atomic E-state index is 12.3. The molecule has 1 aliphatic rings. The predicted molar refractivity (Wildman–Crippen MR) is 94.0 cm³/mol. The van der Waals surface area contributed by atoms with E-state index in [9.17, 15) is 18.4 Å². The number of alkyl halides is 2. The molecule has 0 bridgehead atoms. The first kappa shape index (κ1) is 17.2. The average Bonchev–Trinajstić information content (AvgIpc) is 2.57. The van der Waals surface area contributed by atoms with E-state index >= 15 is 0 Å². The van der Waals surface area contributed by atoms with E-state index in [4.69, 9.17) is 0 Å². The molecule has 2 aromatic rings. The smallest absolute Gasteiger partial charge is 0.288 e. The van der Waals surface area contributed by atoms with Crippen LogP contribution in [0.25, 0.3) is 0 Å². The maximum absolute atomic E-state index is 12.3. The first-order valence-electron chi connectivity index (χ1n) is 7.52. The highest BCUT2D eigenvalue weighted by Crippen LogP contribution is 2.28. The molecule has 130 valence electrons. The molecule has 2 amide bonds. The molecule has 3 rings (SSSR count). The van der Waals surface area contributed by atoms with Crippen LogP contribution in [-0.4, -0.2) is 23.6 Å². The zero-order valence-electron chi connectivity index (χ0n) is 13.0. The Hall–Kier alpha value is -2.61. The summed E-state index contributed by atoms with van der Waals surface area (Å²) in [5, 5.41) is 8.44. The normalized spacial score (nSPS) is 16.0. The predicted octanol–water partition coefficient (Wildman–Crippen LogP) is 3.76. The van der Waals surface area contributed by atoms with Crippen molar-refractivity contribution in [3.05, 3.63) is 48.5 Å². The number of carbonyl (C=O) groups is 2. The molecular weight excluding hydrogens is 348 g/mol. The van der Waals surface area contributed by atoms with E-state index in [1.165, 1.54) is 12.1 Å². The number of amides is 2. The Morgan fingerprint density at radius 1 is 1.12 bits per heavy atom. The number of benzene rings is 2. The van der Waals surface area contributed by atoms with Gasteiger partial charge in [0, 0.05) is 10.6 Å². The zero-order chi connectivity index (χ0) is 17.8. The van der Waals surface area contributed by atoms with Crippen molar-refractivity contribution in [2.75, 3.05) is 16.0 Å². The SMILES string of the molecule is O=C(C[C@@H]1Nc2ccccc2NC1=O)Nc1ccc(SC(F)F)cc1. The topological polar surface area (TPSA) is 70.2 Å². The molecule has 3 N–H and O–H groups in total. The summed E-state index contributed by atoms with van der Waals surface area (Å²) < 4.78 is 24.6. The minimum atomic E-state index is -2.49. The number of hydrogen-bond acceptors (Lipinski definition) is 4. The number of halogens is 2. The van der Waals surface area contributed by atoms with Crippen LogP contribution >= 0.6 is 11.8 Å². The average molecular weight is 363 g/mol. The molecule has 0 saturated heterocycles. The number of nitrogens with one attached hydrogen (secondary N) is 3. The lowest BCUT2D eigenvalue weighted by atomic mass is 10.1. The Kier molecular flexibility index (Phi) is 5.18. The van der Waals surface area contributed by atoms with Crippen LogP contribution in [-0.2, 0) is 9.59 Å². The summed E-state index contributed by atoms with van der Waals surface area (Å²) in [6, 6.07) is 12.7. The third-order valence-corrected chi connectivity index (χ3v) is 4.31. The molecule has 0 aromatic heterocycles. The lowest BCUT2D eigenvalue weighted by molar-refractivity contribution is -0.122. The van der Waals surface area contributed by atoms with E-state index < -0.39 is 11.8 Å². The lowest BCUT2D eigenvalue weighted by Crippen LogP contribution is -2.41. The molecule has 1 atom stereocenters. The van der Waals surface area contributed by atoms with E-state index in [0.717, 1.165) is 5.69 Å². The molecule has 0 aliphatic carbocycles. The molecule has 0 radical (unpaired) electrons. The number of anilines is 3. The van der Waals surface area contributed by atoms with Gasteiger partial charge < -0.3 is 16.0 Å². The van der Waals surface area contributed by atoms with Crippen molar-refractivity contribution < 1.29 is 18.4 Å². The molecule has 0 spiro atoms. The van der Waals surface area contributed by atoms with Gasteiger partial charge in [-0.05, 0) is 36.4 Å². The molecule has 1 aliphatic heterocycles. The number of thioether (sulfide) groups is 1. The Balaban J connectivity index is 1.58. The van der Waals surface area contributed by atoms with Crippen molar-refractivity contribution in [1.82, 2.24) is 0 Å². The summed E-state index contributed by atoms with van der Waals surface area (Å²) in [5.41, 5.74) is 1.92. The van der Waals surface area contributed by atoms with Crippen LogP contribution in [0.15, 0.2) is 53.4 Å². The number of fused-ring (bicyclic) bond motifs is 1. The van der Waals surface area contributed by atoms with E-state index in [1.54, 1.807) is 18.2 Å². The number of carbonyl (C=O) groups excluding carboxylic acids is 2. The summed E-state index contributed by atoms with van der Waals surface area (Å²) >= 11 is 0.439. The fourth-order valence-corrected chi connectivity index (χ4v) is 2.95. The monoisotopic (exact) mass is 363 g/mol. The van der Waals surface area contributed by atoms with Crippen LogP contribution in [0.1, 0.15) is 6.42 Å². The molecule has 25 heavy (non-hydrogen) atoms. The van der Waals surface area contributed by atoms with Gasteiger partial charge in [-0.25, -0.2) is 0 Å². The molecule has 1 heterocycles. The fraction of sp³-hybridized carbons (Fsp3) is 0.176. The lowest BCUT2D eigenvalue weighted by Gasteiger charge is -2.26. The van der Waals surface area contributed by atoms with Gasteiger partial charge in [0.05, 0.1) is 17.8 Å². The molecule has 0 unspecified atom stereocenters. The van der Waals surface area contributed by atoms with Gasteiger partial charge in [-0.15, -0.1) is 0 Å². The fourth-order valence-electron chi connectivity index (χ4n) is 2.45. The second-order valence-electron chi connectivity index (χ2n) is 5.39. The van der Waals surface area contributed by atoms with E-state index in [-0.39, 0.29) is 18.2 Å². The standard InChI is InChI=1S/C17H15F2N3O2S/c18-17(19)25-11-7-5-10(6-8-11)20-15(23)9-14-16(24)22-13-4-2-1-3-12(13)21-14/h1-8,14,17,21H,9H2,(H,20,23)(H,22,24)/t14-/m0/s1. The molecule has 0 saturated carbocycles. The van der Waals surface area contributed by atoms with Crippen LogP contribution in [0.4, 0.5) is 25.8 Å². The van der Waals surface area contributed by atoms with Gasteiger partial charge in [0.2, 0.25) is 11.8 Å². The van der Waals surface area contributed by atoms with Crippen molar-refractivity contribution in [3.8, 4) is 0 Å². The largest absolute Gasteiger partial charge is 0.372 e. The highest BCUT2D eigenvalue weighted by molar-refractivity contribution is 7.99. The Morgan fingerprint density at radius 3 is 2.48 bits per heavy atom. The first-order chi connectivity index (χ1) is 12.0. The maximum Gasteiger partial charge on any atom is 0.288 e. The highest BCUT2D eigenvalue weighted by atomic mass is 32.2. The summed E-state index contributed by atoms with van der Waals surface area (Å²) in [4.78, 5) is 24.6. The second-order valence-corrected chi connectivity index (χ2v) is 6.45. The highest BCUT2D eigenvalue weighted by Gasteiger charge is 2.27. The van der Waals surface area contributed by atoms with Gasteiger partial charge in [0.1, 0.15) is 6.04 Å². The van der Waals surface area contributed by atoms with Crippen LogP contribution in [0.3, 0.4) is 0 Å². The number of para-hydroxylation sites is 2. The number of rotatable bonds is 5. The quantitative estimate of drug-likeness (QED) is 0.708. The molecule has 0 fully saturated rings. The van der Waals surface area contributed by atoms with Crippen molar-refractivity contribution in [2.45, 2.75) is 23.1 Å². The first-order valence-corrected chi connectivity index (χ1v) is 8.40. The van der Waals surface area contributed by atoms with Gasteiger partial charge in [0.15, 0.2) is 0 Å². The summed E-state index contributed by atoms with van der Waals surface area (Å²) in [6.07, 6.45) is -0.0479. The van der Waals surface area contributed by atoms with Crippen molar-refractivity contribution in [1.29, 1.82) is 0 Å². The van der Waals surface area contributed by atoms with Crippen LogP contribution in [0.5, 0.6) is 0 Å². The zero-order valence-corrected chi connectivity index (χ0v) is 13.8. The van der Waals surface area contributed by atoms with Crippen molar-refractivity contribution in [3.63, 3.8) is 0 Å². The van der Waals surface area contributed by atoms with E-state index in [2.05, 4.69) is 16.0 Å². The van der Waals surface area contributed by atoms with Gasteiger partial charge in [-0.2, -0.15) is 8.78 Å². The molecule has 8 heteroatoms. The van der Waals surface area contributed by atoms with E-state index in [0.29, 0.717) is 28.0 Å². The van der Waals surface area contributed by atoms with Gasteiger partial charge >= 0.3 is 0 Å². The second kappa shape index (κ2) is 7.52. The Labute approximate surface area is 147 Å². The van der Waals surface area contributed by atoms with Gasteiger partial charge in [-0.3, -0.25) is 9.59 Å². The van der Waals surface area contributed by atoms with E-state index in [1.807, 2.05) is 18.2 Å². The minimum absolute atomic E-state index is 0.0479. The van der Waals surface area contributed by atoms with Crippen molar-refractivity contribution in [2.24, 2.45) is 0 Å². The van der Waals surface area contributed by atoms with Gasteiger partial charge in [-0.1, -0.05) is 23.9 Å². The summed E-state index contributed by atoms with van der Waals surface area (Å²) in [6.45, 7) is 0. The Bertz CT molecular complexity index is 784. The number of hydrogen-bond donors (Lipinski definition) is 3. The third kappa shape index (κ3) is 4.48. The Morgan fingerprint density at radius 2 is 1.80 bits per heavy atom. The molecule has 5 nitrogen and oxygen atoms in total. The minimum Gasteiger partial charge on any atom is -0.372 e. The summed E-state index contributed by atoms with van der Waals surface area (Å²) in [5.74, 6) is -3.11. The summed E-state index contributed by atoms with van der Waals surface area (Å²) in [7, 11) is 0. The third-order valence-electron chi connectivity index (χ3n) is 3.58. The molecule has 2 aromatic carbocycles. The van der Waals surface area contributed by atoms with Crippen molar-refractivity contribution >= 4 is 40.6 Å². The van der Waals surface area contributed by atoms with Crippen LogP contribution < -0.4 is 16.0 Å². The van der Waals surface area contributed by atoms with Crippen LogP contribution in [0.2, 0.25) is 0 Å². The molecular formula is C17H15F2N3O2S. The van der Waals surface area contributed by atoms with Crippen LogP contribution in [0, 0.1) is 0 Å². The van der Waals surface area contributed by atoms with Gasteiger partial charge in [0.25, 0.3) is 5.76 Å².